The summed E-state index contributed by atoms with van der Waals surface area (Å²) in [7, 11) is 0. The van der Waals surface area contributed by atoms with E-state index >= 15 is 0 Å². The van der Waals surface area contributed by atoms with Gasteiger partial charge in [0.25, 0.3) is 0 Å². The second-order valence-corrected chi connectivity index (χ2v) is 5.17. The average molecular weight is 291 g/mol. The third kappa shape index (κ3) is 2.53. The molecule has 1 aromatic heterocycles. The molecule has 1 heterocycles. The lowest BCUT2D eigenvalue weighted by molar-refractivity contribution is -0.142. The van der Waals surface area contributed by atoms with Gasteiger partial charge in [0.1, 0.15) is 0 Å². The number of fused-ring (bicyclic) bond motifs is 1. The van der Waals surface area contributed by atoms with Crippen LogP contribution in [0.5, 0.6) is 0 Å². The summed E-state index contributed by atoms with van der Waals surface area (Å²) in [4.78, 5) is 34.9. The molecule has 2 amide bonds. The van der Waals surface area contributed by atoms with Crippen molar-refractivity contribution in [3.8, 4) is 0 Å². The van der Waals surface area contributed by atoms with E-state index in [2.05, 4.69) is 5.10 Å². The van der Waals surface area contributed by atoms with Gasteiger partial charge in [-0.2, -0.15) is 5.01 Å². The molecule has 0 atom stereocenters. The predicted molar refractivity (Wildman–Crippen MR) is 74.9 cm³/mol. The Bertz CT molecular complexity index is 759. The van der Waals surface area contributed by atoms with E-state index in [0.717, 1.165) is 9.71 Å². The lowest BCUT2D eigenvalue weighted by Crippen LogP contribution is -2.32. The maximum absolute atomic E-state index is 11.8. The summed E-state index contributed by atoms with van der Waals surface area (Å²) in [6, 6.07) is 7.30. The molecule has 0 aliphatic carbocycles. The van der Waals surface area contributed by atoms with Gasteiger partial charge in [-0.15, -0.1) is 5.10 Å². The highest BCUT2D eigenvalue weighted by Crippen LogP contribution is 2.16. The van der Waals surface area contributed by atoms with Crippen LogP contribution in [-0.2, 0) is 9.59 Å². The number of amides is 2. The predicted octanol–water partition coefficient (Wildman–Crippen LogP) is 1.57. The normalized spacial score (nSPS) is 11.7. The first-order chi connectivity index (χ1) is 9.41. The Morgan fingerprint density at radius 3 is 2.25 bits per heavy atom. The highest BCUT2D eigenvalue weighted by atomic mass is 32.1. The van der Waals surface area contributed by atoms with Crippen molar-refractivity contribution in [3.63, 3.8) is 0 Å². The van der Waals surface area contributed by atoms with Crippen molar-refractivity contribution in [1.29, 1.82) is 0 Å². The SMILES string of the molecule is CC(=O)N(/N=c1\sc2ccccc2n1C(C)=O)C(C)=O. The molecule has 2 aromatic rings. The Kier molecular flexibility index (Phi) is 3.80. The minimum Gasteiger partial charge on any atom is -0.274 e. The molecule has 1 aromatic carbocycles. The second kappa shape index (κ2) is 5.38. The fourth-order valence-electron chi connectivity index (χ4n) is 1.79. The fraction of sp³-hybridized carbons (Fsp3) is 0.231. The molecule has 0 radical (unpaired) electrons. The number of para-hydroxylation sites is 1. The van der Waals surface area contributed by atoms with E-state index in [4.69, 9.17) is 0 Å². The maximum atomic E-state index is 11.8. The molecule has 6 nitrogen and oxygen atoms in total. The lowest BCUT2D eigenvalue weighted by Gasteiger charge is -2.09. The molecule has 2 rings (SSSR count). The number of hydrogen-bond donors (Lipinski definition) is 0. The summed E-state index contributed by atoms with van der Waals surface area (Å²) in [5.41, 5.74) is 0.704. The number of rotatable bonds is 1. The van der Waals surface area contributed by atoms with Gasteiger partial charge in [0, 0.05) is 20.8 Å². The zero-order valence-electron chi connectivity index (χ0n) is 11.3. The Morgan fingerprint density at radius 1 is 1.10 bits per heavy atom. The van der Waals surface area contributed by atoms with Crippen molar-refractivity contribution in [2.45, 2.75) is 20.8 Å². The summed E-state index contributed by atoms with van der Waals surface area (Å²) in [5, 5.41) is 4.77. The van der Waals surface area contributed by atoms with Gasteiger partial charge in [-0.1, -0.05) is 23.5 Å². The number of carbonyl (C=O) groups is 3. The standard InChI is InChI=1S/C13H13N3O3S/c1-8(17)15-11-6-4-5-7-12(11)20-13(15)14-16(9(2)18)10(3)19/h4-7H,1-3H3/b14-13-. The van der Waals surface area contributed by atoms with Gasteiger partial charge in [0.05, 0.1) is 10.2 Å². The summed E-state index contributed by atoms with van der Waals surface area (Å²) in [6.07, 6.45) is 0. The lowest BCUT2D eigenvalue weighted by atomic mass is 10.3. The zero-order chi connectivity index (χ0) is 14.9. The second-order valence-electron chi connectivity index (χ2n) is 4.16. The molecule has 0 saturated carbocycles. The molecule has 7 heteroatoms. The molecule has 20 heavy (non-hydrogen) atoms. The van der Waals surface area contributed by atoms with Crippen LogP contribution in [-0.4, -0.2) is 27.3 Å². The Morgan fingerprint density at radius 2 is 1.70 bits per heavy atom. The number of imide groups is 1. The third-order valence-corrected chi connectivity index (χ3v) is 3.61. The van der Waals surface area contributed by atoms with Gasteiger partial charge >= 0.3 is 0 Å². The third-order valence-electron chi connectivity index (χ3n) is 2.60. The van der Waals surface area contributed by atoms with E-state index in [0.29, 0.717) is 10.3 Å². The van der Waals surface area contributed by atoms with Crippen LogP contribution in [0.4, 0.5) is 0 Å². The minimum absolute atomic E-state index is 0.228. The highest BCUT2D eigenvalue weighted by Gasteiger charge is 2.15. The summed E-state index contributed by atoms with van der Waals surface area (Å²) >= 11 is 1.24. The first-order valence-corrected chi connectivity index (χ1v) is 6.71. The Labute approximate surface area is 118 Å². The van der Waals surface area contributed by atoms with Crippen molar-refractivity contribution >= 4 is 39.3 Å². The van der Waals surface area contributed by atoms with Crippen LogP contribution < -0.4 is 4.80 Å². The fourth-order valence-corrected chi connectivity index (χ4v) is 2.84. The van der Waals surface area contributed by atoms with Gasteiger partial charge in [-0.05, 0) is 12.1 Å². The summed E-state index contributed by atoms with van der Waals surface area (Å²) in [5.74, 6) is -1.22. The van der Waals surface area contributed by atoms with Crippen molar-refractivity contribution in [1.82, 2.24) is 9.58 Å². The number of carbonyl (C=O) groups excluding carboxylic acids is 3. The van der Waals surface area contributed by atoms with Crippen molar-refractivity contribution in [2.24, 2.45) is 5.10 Å². The van der Waals surface area contributed by atoms with Crippen molar-refractivity contribution < 1.29 is 14.4 Å². The summed E-state index contributed by atoms with van der Waals surface area (Å²) < 4.78 is 2.24. The van der Waals surface area contributed by atoms with Gasteiger partial charge in [-0.3, -0.25) is 19.0 Å². The van der Waals surface area contributed by atoms with Gasteiger partial charge in [-0.25, -0.2) is 0 Å². The van der Waals surface area contributed by atoms with E-state index in [1.807, 2.05) is 18.2 Å². The molecule has 0 bridgehead atoms. The van der Waals surface area contributed by atoms with Crippen LogP contribution >= 0.6 is 11.3 Å². The molecule has 0 saturated heterocycles. The molecule has 0 fully saturated rings. The molecular formula is C13H13N3O3S. The molecule has 0 unspecified atom stereocenters. The smallest absolute Gasteiger partial charge is 0.246 e. The number of aromatic nitrogens is 1. The van der Waals surface area contributed by atoms with E-state index in [1.54, 1.807) is 6.07 Å². The highest BCUT2D eigenvalue weighted by molar-refractivity contribution is 7.16. The van der Waals surface area contributed by atoms with Crippen LogP contribution in [0.1, 0.15) is 25.6 Å². The van der Waals surface area contributed by atoms with E-state index in [9.17, 15) is 14.4 Å². The molecule has 0 aliphatic rings. The first kappa shape index (κ1) is 14.1. The van der Waals surface area contributed by atoms with Crippen LogP contribution in [0.2, 0.25) is 0 Å². The van der Waals surface area contributed by atoms with Gasteiger partial charge in [0.2, 0.25) is 22.5 Å². The van der Waals surface area contributed by atoms with Crippen LogP contribution in [0.15, 0.2) is 29.4 Å². The van der Waals surface area contributed by atoms with E-state index in [1.165, 1.54) is 36.7 Å². The Balaban J connectivity index is 2.76. The number of thiazole rings is 1. The topological polar surface area (TPSA) is 71.7 Å². The number of benzene rings is 1. The van der Waals surface area contributed by atoms with Crippen LogP contribution in [0.25, 0.3) is 10.2 Å². The molecular weight excluding hydrogens is 278 g/mol. The van der Waals surface area contributed by atoms with Crippen molar-refractivity contribution in [2.75, 3.05) is 0 Å². The largest absolute Gasteiger partial charge is 0.274 e. The van der Waals surface area contributed by atoms with E-state index < -0.39 is 11.8 Å². The molecule has 0 aliphatic heterocycles. The zero-order valence-corrected chi connectivity index (χ0v) is 12.1. The van der Waals surface area contributed by atoms with Crippen LogP contribution in [0.3, 0.4) is 0 Å². The quantitative estimate of drug-likeness (QED) is 0.749. The number of nitrogens with zero attached hydrogens (tertiary/aromatic N) is 3. The number of hydrogen-bond acceptors (Lipinski definition) is 5. The van der Waals surface area contributed by atoms with Gasteiger partial charge < -0.3 is 0 Å². The monoisotopic (exact) mass is 291 g/mol. The molecule has 0 N–H and O–H groups in total. The van der Waals surface area contributed by atoms with E-state index in [-0.39, 0.29) is 5.91 Å². The van der Waals surface area contributed by atoms with Gasteiger partial charge in [0.15, 0.2) is 0 Å². The minimum atomic E-state index is -0.495. The first-order valence-electron chi connectivity index (χ1n) is 5.89. The maximum Gasteiger partial charge on any atom is 0.246 e. The van der Waals surface area contributed by atoms with Crippen molar-refractivity contribution in [3.05, 3.63) is 29.1 Å². The molecule has 104 valence electrons. The average Bonchev–Trinajstić information content (AvgIpc) is 2.73. The van der Waals surface area contributed by atoms with Crippen LogP contribution in [0, 0.1) is 0 Å². The summed E-state index contributed by atoms with van der Waals surface area (Å²) in [6.45, 7) is 3.90. The Hall–Kier alpha value is -2.28. The molecule has 0 spiro atoms.